The average molecular weight is 526 g/mol. The summed E-state index contributed by atoms with van der Waals surface area (Å²) in [6.07, 6.45) is -5.13. The van der Waals surface area contributed by atoms with Crippen LogP contribution in [0.3, 0.4) is 0 Å². The molecule has 2 N–H and O–H groups in total. The first-order valence-electron chi connectivity index (χ1n) is 8.46. The summed E-state index contributed by atoms with van der Waals surface area (Å²) < 4.78 is 104. The number of carbonyl (C=O) groups excluding carboxylic acids is 1. The van der Waals surface area contributed by atoms with Crippen molar-refractivity contribution in [2.45, 2.75) is 28.5 Å². The van der Waals surface area contributed by atoms with Gasteiger partial charge in [-0.05, 0) is 37.3 Å². The summed E-state index contributed by atoms with van der Waals surface area (Å²) in [5, 5.41) is 23.0. The standard InChI is InChI=1S/C17H14F8N2O4S2/c1-16(29,9-32-11-3-2-4-12(8-11)33(21,22,23,24)25)15(28)26-10-5-6-14(27(30)31)13(7-10)17(18,19)20/h2-8,29H,9H2,1H3,(H,26,28). The number of amides is 1. The van der Waals surface area contributed by atoms with E-state index >= 15 is 0 Å². The Morgan fingerprint density at radius 3 is 2.24 bits per heavy atom. The lowest BCUT2D eigenvalue weighted by atomic mass is 10.1. The van der Waals surface area contributed by atoms with Gasteiger partial charge in [0.15, 0.2) is 0 Å². The quantitative estimate of drug-likeness (QED) is 0.180. The van der Waals surface area contributed by atoms with Crippen molar-refractivity contribution in [3.8, 4) is 0 Å². The fraction of sp³-hybridized carbons (Fsp3) is 0.235. The Kier molecular flexibility index (Phi) is 6.25. The van der Waals surface area contributed by atoms with Crippen molar-refractivity contribution in [3.63, 3.8) is 0 Å². The summed E-state index contributed by atoms with van der Waals surface area (Å²) in [6.45, 7) is 0.889. The third-order valence-electron chi connectivity index (χ3n) is 4.02. The van der Waals surface area contributed by atoms with E-state index < -0.39 is 60.4 Å². The topological polar surface area (TPSA) is 92.5 Å². The lowest BCUT2D eigenvalue weighted by Crippen LogP contribution is -2.42. The van der Waals surface area contributed by atoms with Gasteiger partial charge in [-0.25, -0.2) is 0 Å². The largest absolute Gasteiger partial charge is 0.423 e. The van der Waals surface area contributed by atoms with Gasteiger partial charge in [0.2, 0.25) is 0 Å². The minimum atomic E-state index is -9.95. The third-order valence-corrected chi connectivity index (χ3v) is 6.46. The molecule has 0 heterocycles. The van der Waals surface area contributed by atoms with Crippen LogP contribution >= 0.6 is 22.0 Å². The molecular formula is C17H14F8N2O4S2. The van der Waals surface area contributed by atoms with Crippen molar-refractivity contribution in [3.05, 3.63) is 58.1 Å². The second-order valence-electron chi connectivity index (χ2n) is 6.95. The van der Waals surface area contributed by atoms with E-state index in [1.165, 1.54) is 0 Å². The predicted octanol–water partition coefficient (Wildman–Crippen LogP) is 6.75. The molecule has 0 aliphatic carbocycles. The summed E-state index contributed by atoms with van der Waals surface area (Å²) in [4.78, 5) is 19.2. The van der Waals surface area contributed by atoms with E-state index in [2.05, 4.69) is 0 Å². The number of halogens is 8. The molecule has 1 atom stereocenters. The number of nitrogens with one attached hydrogen (secondary N) is 1. The molecule has 2 aromatic rings. The summed E-state index contributed by atoms with van der Waals surface area (Å²) in [7, 11) is -9.95. The van der Waals surface area contributed by atoms with E-state index in [0.29, 0.717) is 23.9 Å². The number of hydrogen-bond acceptors (Lipinski definition) is 5. The van der Waals surface area contributed by atoms with Crippen LogP contribution in [0.25, 0.3) is 0 Å². The molecule has 6 nitrogen and oxygen atoms in total. The number of nitro benzene ring substituents is 1. The number of anilines is 1. The van der Waals surface area contributed by atoms with E-state index in [9.17, 15) is 52.6 Å². The first-order valence-corrected chi connectivity index (χ1v) is 11.4. The average Bonchev–Trinajstić information content (AvgIpc) is 2.64. The maximum atomic E-state index is 13.0. The van der Waals surface area contributed by atoms with Gasteiger partial charge in [0.05, 0.1) is 4.92 Å². The van der Waals surface area contributed by atoms with Crippen LogP contribution in [0, 0.1) is 10.1 Å². The number of rotatable bonds is 7. The molecule has 0 spiro atoms. The first kappa shape index (κ1) is 26.7. The molecule has 0 bridgehead atoms. The van der Waals surface area contributed by atoms with Crippen LogP contribution in [0.4, 0.5) is 44.0 Å². The van der Waals surface area contributed by atoms with Gasteiger partial charge < -0.3 is 10.4 Å². The van der Waals surface area contributed by atoms with Gasteiger partial charge in [-0.3, -0.25) is 14.9 Å². The summed E-state index contributed by atoms with van der Waals surface area (Å²) >= 11 is 0.413. The van der Waals surface area contributed by atoms with Crippen LogP contribution in [0.5, 0.6) is 0 Å². The van der Waals surface area contributed by atoms with E-state index in [1.54, 1.807) is 0 Å². The van der Waals surface area contributed by atoms with Crippen LogP contribution < -0.4 is 5.32 Å². The van der Waals surface area contributed by atoms with Crippen LogP contribution in [0.15, 0.2) is 52.3 Å². The first-order chi connectivity index (χ1) is 14.6. The monoisotopic (exact) mass is 526 g/mol. The molecule has 184 valence electrons. The summed E-state index contributed by atoms with van der Waals surface area (Å²) in [6, 6.07) is 3.60. The highest BCUT2D eigenvalue weighted by Gasteiger charge is 2.65. The zero-order valence-corrected chi connectivity index (χ0v) is 17.8. The molecule has 33 heavy (non-hydrogen) atoms. The van der Waals surface area contributed by atoms with Crippen LogP contribution in [0.1, 0.15) is 12.5 Å². The van der Waals surface area contributed by atoms with Crippen molar-refractivity contribution < 1.29 is 47.4 Å². The highest BCUT2D eigenvalue weighted by Crippen LogP contribution is 3.02. The van der Waals surface area contributed by atoms with Crippen molar-refractivity contribution in [1.82, 2.24) is 0 Å². The van der Waals surface area contributed by atoms with E-state index in [-0.39, 0.29) is 23.1 Å². The molecule has 0 saturated carbocycles. The van der Waals surface area contributed by atoms with Crippen LogP contribution in [-0.4, -0.2) is 27.3 Å². The second-order valence-corrected chi connectivity index (χ2v) is 10.4. The van der Waals surface area contributed by atoms with Crippen molar-refractivity contribution in [2.24, 2.45) is 0 Å². The highest BCUT2D eigenvalue weighted by molar-refractivity contribution is 8.45. The SMILES string of the molecule is CC(O)(CSc1cccc(S(F)(F)(F)(F)F)c1)C(=O)Nc1ccc([N+](=O)[O-])c(C(F)(F)F)c1. The Labute approximate surface area is 184 Å². The van der Waals surface area contributed by atoms with Gasteiger partial charge in [0, 0.05) is 22.4 Å². The van der Waals surface area contributed by atoms with E-state index in [4.69, 9.17) is 0 Å². The van der Waals surface area contributed by atoms with Gasteiger partial charge in [0.25, 0.3) is 11.6 Å². The summed E-state index contributed by atoms with van der Waals surface area (Å²) in [5.74, 6) is -1.96. The molecule has 0 radical (unpaired) electrons. The number of thioether (sulfide) groups is 1. The Hall–Kier alpha value is -2.59. The maximum Gasteiger partial charge on any atom is 0.423 e. The molecule has 0 fully saturated rings. The fourth-order valence-electron chi connectivity index (χ4n) is 2.36. The molecule has 2 aromatic carbocycles. The van der Waals surface area contributed by atoms with Gasteiger partial charge in [0.1, 0.15) is 16.1 Å². The highest BCUT2D eigenvalue weighted by atomic mass is 32.5. The number of carbonyl (C=O) groups is 1. The molecule has 16 heteroatoms. The molecule has 2 rings (SSSR count). The molecule has 0 saturated heterocycles. The van der Waals surface area contributed by atoms with Crippen molar-refractivity contribution >= 4 is 39.3 Å². The van der Waals surface area contributed by atoms with E-state index in [1.807, 2.05) is 5.32 Å². The summed E-state index contributed by atoms with van der Waals surface area (Å²) in [5.41, 5.74) is -5.86. The lowest BCUT2D eigenvalue weighted by molar-refractivity contribution is -0.388. The Bertz CT molecular complexity index is 1110. The molecule has 0 aliphatic rings. The smallest absolute Gasteiger partial charge is 0.379 e. The number of benzene rings is 2. The predicted molar refractivity (Wildman–Crippen MR) is 106 cm³/mol. The van der Waals surface area contributed by atoms with Gasteiger partial charge in [-0.2, -0.15) is 13.2 Å². The number of nitro groups is 1. The molecular weight excluding hydrogens is 512 g/mol. The lowest BCUT2D eigenvalue weighted by Gasteiger charge is -2.40. The zero-order valence-electron chi connectivity index (χ0n) is 16.2. The van der Waals surface area contributed by atoms with Gasteiger partial charge in [-0.1, -0.05) is 25.5 Å². The normalized spacial score (nSPS) is 16.3. The minimum absolute atomic E-state index is 0.145. The number of alkyl halides is 3. The number of hydrogen-bond donors (Lipinski definition) is 2. The molecule has 1 unspecified atom stereocenters. The molecule has 0 aromatic heterocycles. The maximum absolute atomic E-state index is 13.0. The minimum Gasteiger partial charge on any atom is -0.379 e. The van der Waals surface area contributed by atoms with Crippen molar-refractivity contribution in [2.75, 3.05) is 11.1 Å². The van der Waals surface area contributed by atoms with Crippen LogP contribution in [-0.2, 0) is 11.0 Å². The number of aliphatic hydroxyl groups is 1. The van der Waals surface area contributed by atoms with Crippen molar-refractivity contribution in [1.29, 1.82) is 0 Å². The molecule has 1 amide bonds. The Morgan fingerprint density at radius 1 is 1.12 bits per heavy atom. The Balaban J connectivity index is 2.19. The van der Waals surface area contributed by atoms with Gasteiger partial charge in [-0.15, -0.1) is 11.8 Å². The Morgan fingerprint density at radius 2 is 1.73 bits per heavy atom. The zero-order chi connectivity index (χ0) is 25.5. The van der Waals surface area contributed by atoms with Gasteiger partial charge >= 0.3 is 16.4 Å². The third kappa shape index (κ3) is 6.94. The van der Waals surface area contributed by atoms with Crippen LogP contribution in [0.2, 0.25) is 0 Å². The number of nitrogens with zero attached hydrogens (tertiary/aromatic N) is 1. The fourth-order valence-corrected chi connectivity index (χ4v) is 4.08. The van der Waals surface area contributed by atoms with E-state index in [0.717, 1.165) is 19.1 Å². The second kappa shape index (κ2) is 7.73. The molecule has 0 aliphatic heterocycles.